The minimum Gasteiger partial charge on any atom is -0.360 e. The van der Waals surface area contributed by atoms with E-state index in [1.807, 2.05) is 32.0 Å². The van der Waals surface area contributed by atoms with E-state index in [4.69, 9.17) is 4.52 Å². The summed E-state index contributed by atoms with van der Waals surface area (Å²) in [5.41, 5.74) is 2.91. The molecule has 1 aromatic heterocycles. The Labute approximate surface area is 128 Å². The van der Waals surface area contributed by atoms with Crippen LogP contribution in [0.3, 0.4) is 0 Å². The second-order valence-corrected chi connectivity index (χ2v) is 5.17. The molecule has 6 heteroatoms. The lowest BCUT2D eigenvalue weighted by atomic mass is 10.1. The molecule has 0 aliphatic heterocycles. The van der Waals surface area contributed by atoms with Crippen molar-refractivity contribution >= 4 is 23.3 Å². The van der Waals surface area contributed by atoms with Crippen molar-refractivity contribution in [3.8, 4) is 0 Å². The first-order valence-corrected chi connectivity index (χ1v) is 7.05. The van der Waals surface area contributed by atoms with Crippen LogP contribution in [0, 0.1) is 20.8 Å². The molecule has 116 valence electrons. The molecule has 0 aliphatic carbocycles. The molecule has 2 rings (SSSR count). The molecular formula is C16H19N3O3. The number of aryl methyl sites for hydroxylation is 2. The maximum Gasteiger partial charge on any atom is 0.226 e. The first-order valence-electron chi connectivity index (χ1n) is 7.05. The van der Waals surface area contributed by atoms with Crippen LogP contribution < -0.4 is 10.6 Å². The van der Waals surface area contributed by atoms with Crippen LogP contribution in [0.25, 0.3) is 0 Å². The van der Waals surface area contributed by atoms with Crippen molar-refractivity contribution < 1.29 is 14.1 Å². The van der Waals surface area contributed by atoms with Crippen LogP contribution >= 0.6 is 0 Å². The summed E-state index contributed by atoms with van der Waals surface area (Å²) in [6, 6.07) is 7.34. The summed E-state index contributed by atoms with van der Waals surface area (Å²) in [6.07, 6.45) is 0.193. The Morgan fingerprint density at radius 1 is 1.09 bits per heavy atom. The van der Waals surface area contributed by atoms with Gasteiger partial charge >= 0.3 is 0 Å². The molecule has 6 nitrogen and oxygen atoms in total. The van der Waals surface area contributed by atoms with E-state index in [1.54, 1.807) is 13.0 Å². The molecule has 1 heterocycles. The number of hydrogen-bond acceptors (Lipinski definition) is 4. The Hall–Kier alpha value is -2.63. The molecule has 22 heavy (non-hydrogen) atoms. The second-order valence-electron chi connectivity index (χ2n) is 5.17. The molecule has 0 bridgehead atoms. The number of rotatable bonds is 5. The fourth-order valence-corrected chi connectivity index (χ4v) is 1.96. The number of amides is 2. The minimum absolute atomic E-state index is 0.0859. The quantitative estimate of drug-likeness (QED) is 0.889. The van der Waals surface area contributed by atoms with E-state index in [-0.39, 0.29) is 24.7 Å². The van der Waals surface area contributed by atoms with Gasteiger partial charge in [-0.3, -0.25) is 9.59 Å². The summed E-state index contributed by atoms with van der Waals surface area (Å²) < 4.78 is 4.85. The molecular weight excluding hydrogens is 282 g/mol. The highest BCUT2D eigenvalue weighted by Gasteiger charge is 2.10. The third kappa shape index (κ3) is 4.18. The number of nitrogens with zero attached hydrogens (tertiary/aromatic N) is 1. The first-order chi connectivity index (χ1) is 10.5. The molecule has 0 saturated carbocycles. The van der Waals surface area contributed by atoms with Crippen LogP contribution in [0.1, 0.15) is 29.7 Å². The Balaban J connectivity index is 1.82. The molecule has 2 amide bonds. The Morgan fingerprint density at radius 2 is 1.77 bits per heavy atom. The van der Waals surface area contributed by atoms with Gasteiger partial charge in [-0.05, 0) is 38.0 Å². The van der Waals surface area contributed by atoms with E-state index >= 15 is 0 Å². The number of nitrogens with one attached hydrogen (secondary N) is 2. The van der Waals surface area contributed by atoms with E-state index in [1.165, 1.54) is 0 Å². The number of anilines is 2. The van der Waals surface area contributed by atoms with Gasteiger partial charge in [-0.1, -0.05) is 17.3 Å². The van der Waals surface area contributed by atoms with Crippen LogP contribution in [0.15, 0.2) is 28.8 Å². The van der Waals surface area contributed by atoms with Crippen LogP contribution in [0.2, 0.25) is 0 Å². The maximum atomic E-state index is 11.9. The molecule has 0 atom stereocenters. The van der Waals surface area contributed by atoms with E-state index < -0.39 is 0 Å². The van der Waals surface area contributed by atoms with Gasteiger partial charge in [-0.25, -0.2) is 0 Å². The third-order valence-electron chi connectivity index (χ3n) is 3.35. The minimum atomic E-state index is -0.274. The average molecular weight is 301 g/mol. The van der Waals surface area contributed by atoms with Gasteiger partial charge in [-0.2, -0.15) is 0 Å². The molecule has 0 aliphatic rings. The Morgan fingerprint density at radius 3 is 2.41 bits per heavy atom. The predicted molar refractivity (Wildman–Crippen MR) is 83.6 cm³/mol. The van der Waals surface area contributed by atoms with Gasteiger partial charge in [0.25, 0.3) is 0 Å². The lowest BCUT2D eigenvalue weighted by Gasteiger charge is -2.10. The van der Waals surface area contributed by atoms with Crippen molar-refractivity contribution in [3.05, 3.63) is 41.2 Å². The number of hydrogen-bond donors (Lipinski definition) is 2. The molecule has 1 aromatic carbocycles. The van der Waals surface area contributed by atoms with Gasteiger partial charge in [0.1, 0.15) is 5.76 Å². The van der Waals surface area contributed by atoms with Crippen molar-refractivity contribution in [1.82, 2.24) is 5.16 Å². The summed E-state index contributed by atoms with van der Waals surface area (Å²) in [7, 11) is 0. The predicted octanol–water partition coefficient (Wildman–Crippen LogP) is 2.96. The molecule has 0 radical (unpaired) electrons. The van der Waals surface area contributed by atoms with Crippen LogP contribution in [-0.2, 0) is 9.59 Å². The highest BCUT2D eigenvalue weighted by molar-refractivity contribution is 5.96. The SMILES string of the molecule is Cc1cc(NC(=O)CCC(=O)Nc2cccc(C)c2C)no1. The van der Waals surface area contributed by atoms with Gasteiger partial charge < -0.3 is 15.2 Å². The van der Waals surface area contributed by atoms with E-state index in [9.17, 15) is 9.59 Å². The highest BCUT2D eigenvalue weighted by Crippen LogP contribution is 2.18. The molecule has 0 saturated heterocycles. The molecule has 0 spiro atoms. The normalized spacial score (nSPS) is 10.3. The van der Waals surface area contributed by atoms with E-state index in [0.717, 1.165) is 16.8 Å². The summed E-state index contributed by atoms with van der Waals surface area (Å²) in [4.78, 5) is 23.6. The van der Waals surface area contributed by atoms with Crippen molar-refractivity contribution in [1.29, 1.82) is 0 Å². The van der Waals surface area contributed by atoms with Crippen LogP contribution in [0.4, 0.5) is 11.5 Å². The zero-order chi connectivity index (χ0) is 16.1. The lowest BCUT2D eigenvalue weighted by Crippen LogP contribution is -2.18. The van der Waals surface area contributed by atoms with Crippen molar-refractivity contribution in [2.45, 2.75) is 33.6 Å². The monoisotopic (exact) mass is 301 g/mol. The summed E-state index contributed by atoms with van der Waals surface area (Å²) >= 11 is 0. The van der Waals surface area contributed by atoms with Gasteiger partial charge in [0, 0.05) is 24.6 Å². The van der Waals surface area contributed by atoms with Gasteiger partial charge in [0.05, 0.1) is 0 Å². The Bertz CT molecular complexity index is 692. The van der Waals surface area contributed by atoms with Crippen molar-refractivity contribution in [3.63, 3.8) is 0 Å². The largest absolute Gasteiger partial charge is 0.360 e. The van der Waals surface area contributed by atoms with Crippen LogP contribution in [0.5, 0.6) is 0 Å². The van der Waals surface area contributed by atoms with E-state index in [2.05, 4.69) is 15.8 Å². The number of carbonyl (C=O) groups is 2. The average Bonchev–Trinajstić information content (AvgIpc) is 2.87. The first kappa shape index (κ1) is 15.8. The number of carbonyl (C=O) groups excluding carboxylic acids is 2. The zero-order valence-corrected chi connectivity index (χ0v) is 12.9. The van der Waals surface area contributed by atoms with Gasteiger partial charge in [-0.15, -0.1) is 0 Å². The topological polar surface area (TPSA) is 84.2 Å². The highest BCUT2D eigenvalue weighted by atomic mass is 16.5. The number of benzene rings is 1. The molecule has 0 fully saturated rings. The fraction of sp³-hybridized carbons (Fsp3) is 0.312. The summed E-state index contributed by atoms with van der Waals surface area (Å²) in [5, 5.41) is 9.06. The second kappa shape index (κ2) is 6.89. The smallest absolute Gasteiger partial charge is 0.226 e. The fourth-order valence-electron chi connectivity index (χ4n) is 1.96. The number of aromatic nitrogens is 1. The van der Waals surface area contributed by atoms with Crippen LogP contribution in [-0.4, -0.2) is 17.0 Å². The van der Waals surface area contributed by atoms with E-state index in [0.29, 0.717) is 11.6 Å². The standard InChI is InChI=1S/C16H19N3O3/c1-10-5-4-6-13(12(10)3)17-15(20)7-8-16(21)18-14-9-11(2)22-19-14/h4-6,9H,7-8H2,1-3H3,(H,17,20)(H,18,19,21). The van der Waals surface area contributed by atoms with Gasteiger partial charge in [0.15, 0.2) is 5.82 Å². The summed E-state index contributed by atoms with van der Waals surface area (Å²) in [6.45, 7) is 5.67. The zero-order valence-electron chi connectivity index (χ0n) is 12.9. The summed E-state index contributed by atoms with van der Waals surface area (Å²) in [5.74, 6) is 0.505. The maximum absolute atomic E-state index is 11.9. The lowest BCUT2D eigenvalue weighted by molar-refractivity contribution is -0.121. The van der Waals surface area contributed by atoms with Crippen molar-refractivity contribution in [2.24, 2.45) is 0 Å². The van der Waals surface area contributed by atoms with Gasteiger partial charge in [0.2, 0.25) is 11.8 Å². The third-order valence-corrected chi connectivity index (χ3v) is 3.35. The molecule has 2 N–H and O–H groups in total. The molecule has 0 unspecified atom stereocenters. The van der Waals surface area contributed by atoms with Crippen molar-refractivity contribution in [2.75, 3.05) is 10.6 Å². The Kier molecular flexibility index (Phi) is 4.93. The molecule has 2 aromatic rings.